The number of rotatable bonds is 4. The van der Waals surface area contributed by atoms with E-state index in [0.29, 0.717) is 31.2 Å². The van der Waals surface area contributed by atoms with Gasteiger partial charge >= 0.3 is 12.1 Å². The van der Waals surface area contributed by atoms with E-state index < -0.39 is 23.6 Å². The van der Waals surface area contributed by atoms with Crippen molar-refractivity contribution in [3.05, 3.63) is 35.4 Å². The molecular weight excluding hydrogens is 323 g/mol. The number of nitrogens with one attached hydrogen (secondary N) is 1. The largest absolute Gasteiger partial charge is 0.481 e. The molecule has 1 aromatic rings. The van der Waals surface area contributed by atoms with Gasteiger partial charge in [0.05, 0.1) is 11.5 Å². The molecule has 130 valence electrons. The quantitative estimate of drug-likeness (QED) is 0.884. The first-order valence-electron chi connectivity index (χ1n) is 7.96. The summed E-state index contributed by atoms with van der Waals surface area (Å²) in [6, 6.07) is 4.95. The Morgan fingerprint density at radius 2 is 1.92 bits per heavy atom. The third-order valence-corrected chi connectivity index (χ3v) is 4.90. The first kappa shape index (κ1) is 16.8. The van der Waals surface area contributed by atoms with E-state index >= 15 is 0 Å². The number of carbonyl (C=O) groups is 2. The van der Waals surface area contributed by atoms with Crippen molar-refractivity contribution >= 4 is 11.9 Å². The number of hydrogen-bond donors (Lipinski definition) is 2. The Labute approximate surface area is 137 Å². The fourth-order valence-corrected chi connectivity index (χ4v) is 3.44. The van der Waals surface area contributed by atoms with Gasteiger partial charge in [-0.05, 0) is 43.2 Å². The molecule has 2 aliphatic rings. The molecular formula is C17H18F3NO3. The maximum absolute atomic E-state index is 12.8. The molecule has 4 atom stereocenters. The predicted molar refractivity (Wildman–Crippen MR) is 79.2 cm³/mol. The Hall–Kier alpha value is -2.05. The average Bonchev–Trinajstić information content (AvgIpc) is 3.19. The minimum Gasteiger partial charge on any atom is -0.481 e. The maximum Gasteiger partial charge on any atom is 0.416 e. The molecule has 0 radical (unpaired) electrons. The second-order valence-electron chi connectivity index (χ2n) is 6.63. The van der Waals surface area contributed by atoms with E-state index in [4.69, 9.17) is 5.11 Å². The summed E-state index contributed by atoms with van der Waals surface area (Å²) < 4.78 is 38.3. The number of benzene rings is 1. The van der Waals surface area contributed by atoms with E-state index in [-0.39, 0.29) is 23.8 Å². The number of halogens is 3. The Kier molecular flexibility index (Phi) is 4.27. The van der Waals surface area contributed by atoms with E-state index in [1.807, 2.05) is 0 Å². The van der Waals surface area contributed by atoms with Crippen molar-refractivity contribution in [3.63, 3.8) is 0 Å². The number of carbonyl (C=O) groups excluding carboxylic acids is 1. The minimum atomic E-state index is -4.39. The van der Waals surface area contributed by atoms with Crippen molar-refractivity contribution in [2.45, 2.75) is 43.8 Å². The number of hydrogen-bond acceptors (Lipinski definition) is 2. The third kappa shape index (κ3) is 3.55. The summed E-state index contributed by atoms with van der Waals surface area (Å²) in [6.45, 7) is 0. The van der Waals surface area contributed by atoms with E-state index in [1.165, 1.54) is 6.07 Å². The lowest BCUT2D eigenvalue weighted by Crippen LogP contribution is -2.34. The van der Waals surface area contributed by atoms with Gasteiger partial charge in [0, 0.05) is 12.0 Å². The van der Waals surface area contributed by atoms with Crippen LogP contribution in [0.3, 0.4) is 0 Å². The molecule has 1 amide bonds. The Morgan fingerprint density at radius 3 is 2.54 bits per heavy atom. The van der Waals surface area contributed by atoms with Gasteiger partial charge in [-0.1, -0.05) is 18.2 Å². The Morgan fingerprint density at radius 1 is 1.17 bits per heavy atom. The minimum absolute atomic E-state index is 0.152. The molecule has 2 unspecified atom stereocenters. The van der Waals surface area contributed by atoms with Gasteiger partial charge in [-0.2, -0.15) is 13.2 Å². The zero-order valence-corrected chi connectivity index (χ0v) is 12.8. The summed E-state index contributed by atoms with van der Waals surface area (Å²) in [6.07, 6.45) is -2.27. The van der Waals surface area contributed by atoms with E-state index in [9.17, 15) is 22.8 Å². The highest BCUT2D eigenvalue weighted by atomic mass is 19.4. The third-order valence-electron chi connectivity index (χ3n) is 4.90. The van der Waals surface area contributed by atoms with Crippen LogP contribution in [0.1, 0.15) is 42.7 Å². The number of amides is 1. The van der Waals surface area contributed by atoms with Gasteiger partial charge in [0.2, 0.25) is 5.91 Å². The van der Waals surface area contributed by atoms with E-state index in [1.54, 1.807) is 6.07 Å². The standard InChI is InChI=1S/C17H18F3NO3/c18-17(19,20)11-3-1-2-9(6-11)13-8-14(13)15(22)21-12-5-4-10(7-12)16(23)24/h1-3,6,10,12-14H,4-5,7-8H2,(H,21,22)(H,23,24)/t10-,12+,13?,14?/m0/s1. The second kappa shape index (κ2) is 6.11. The number of aliphatic carboxylic acids is 1. The molecule has 0 spiro atoms. The summed E-state index contributed by atoms with van der Waals surface area (Å²) in [7, 11) is 0. The molecule has 7 heteroatoms. The maximum atomic E-state index is 12.8. The molecule has 2 aliphatic carbocycles. The lowest BCUT2D eigenvalue weighted by atomic mass is 10.0. The topological polar surface area (TPSA) is 66.4 Å². The summed E-state index contributed by atoms with van der Waals surface area (Å²) in [5, 5.41) is 11.8. The SMILES string of the molecule is O=C(N[C@@H]1CC[C@H](C(=O)O)C1)C1CC1c1cccc(C(F)(F)F)c1. The van der Waals surface area contributed by atoms with Crippen LogP contribution in [0.2, 0.25) is 0 Å². The van der Waals surface area contributed by atoms with Crippen molar-refractivity contribution in [1.29, 1.82) is 0 Å². The summed E-state index contributed by atoms with van der Waals surface area (Å²) in [5.74, 6) is -1.97. The summed E-state index contributed by atoms with van der Waals surface area (Å²) in [5.41, 5.74) is -0.175. The van der Waals surface area contributed by atoms with Crippen LogP contribution in [0.5, 0.6) is 0 Å². The molecule has 4 nitrogen and oxygen atoms in total. The number of carboxylic acids is 1. The van der Waals surface area contributed by atoms with E-state index in [0.717, 1.165) is 12.1 Å². The van der Waals surface area contributed by atoms with E-state index in [2.05, 4.69) is 5.32 Å². The molecule has 3 rings (SSSR count). The zero-order chi connectivity index (χ0) is 17.5. The van der Waals surface area contributed by atoms with Crippen molar-refractivity contribution in [3.8, 4) is 0 Å². The van der Waals surface area contributed by atoms with Gasteiger partial charge in [0.15, 0.2) is 0 Å². The molecule has 0 aromatic heterocycles. The van der Waals surface area contributed by atoms with Crippen molar-refractivity contribution in [2.24, 2.45) is 11.8 Å². The molecule has 24 heavy (non-hydrogen) atoms. The molecule has 2 saturated carbocycles. The van der Waals surface area contributed by atoms with Crippen LogP contribution in [-0.2, 0) is 15.8 Å². The highest BCUT2D eigenvalue weighted by Crippen LogP contribution is 2.48. The summed E-state index contributed by atoms with van der Waals surface area (Å²) in [4.78, 5) is 23.1. The Bertz CT molecular complexity index is 659. The van der Waals surface area contributed by atoms with Gasteiger partial charge in [-0.15, -0.1) is 0 Å². The smallest absolute Gasteiger partial charge is 0.416 e. The van der Waals surface area contributed by atoms with Gasteiger partial charge in [0.25, 0.3) is 0 Å². The predicted octanol–water partition coefficient (Wildman–Crippen LogP) is 3.18. The van der Waals surface area contributed by atoms with Crippen molar-refractivity contribution < 1.29 is 27.9 Å². The van der Waals surface area contributed by atoms with Crippen molar-refractivity contribution in [1.82, 2.24) is 5.32 Å². The number of carboxylic acid groups (broad SMARTS) is 1. The number of alkyl halides is 3. The average molecular weight is 341 g/mol. The zero-order valence-electron chi connectivity index (χ0n) is 12.8. The normalized spacial score (nSPS) is 29.3. The molecule has 1 aromatic carbocycles. The van der Waals surface area contributed by atoms with Crippen molar-refractivity contribution in [2.75, 3.05) is 0 Å². The lowest BCUT2D eigenvalue weighted by molar-refractivity contribution is -0.141. The first-order valence-corrected chi connectivity index (χ1v) is 7.96. The van der Waals surface area contributed by atoms with Gasteiger partial charge in [-0.3, -0.25) is 9.59 Å². The monoisotopic (exact) mass is 341 g/mol. The van der Waals surface area contributed by atoms with Crippen LogP contribution in [0, 0.1) is 11.8 Å². The van der Waals surface area contributed by atoms with Crippen LogP contribution >= 0.6 is 0 Å². The molecule has 2 fully saturated rings. The Balaban J connectivity index is 1.57. The van der Waals surface area contributed by atoms with Crippen LogP contribution in [0.15, 0.2) is 24.3 Å². The highest BCUT2D eigenvalue weighted by molar-refractivity contribution is 5.83. The lowest BCUT2D eigenvalue weighted by Gasteiger charge is -2.12. The van der Waals surface area contributed by atoms with Crippen LogP contribution in [0.25, 0.3) is 0 Å². The molecule has 0 aliphatic heterocycles. The molecule has 0 heterocycles. The van der Waals surface area contributed by atoms with Gasteiger partial charge in [-0.25, -0.2) is 0 Å². The van der Waals surface area contributed by atoms with Crippen LogP contribution in [-0.4, -0.2) is 23.0 Å². The van der Waals surface area contributed by atoms with Gasteiger partial charge < -0.3 is 10.4 Å². The van der Waals surface area contributed by atoms with Crippen LogP contribution < -0.4 is 5.32 Å². The fraction of sp³-hybridized carbons (Fsp3) is 0.529. The van der Waals surface area contributed by atoms with Gasteiger partial charge in [0.1, 0.15) is 0 Å². The first-order chi connectivity index (χ1) is 11.3. The molecule has 0 bridgehead atoms. The second-order valence-corrected chi connectivity index (χ2v) is 6.63. The summed E-state index contributed by atoms with van der Waals surface area (Å²) >= 11 is 0. The fourth-order valence-electron chi connectivity index (χ4n) is 3.44. The highest BCUT2D eigenvalue weighted by Gasteiger charge is 2.45. The molecule has 2 N–H and O–H groups in total. The molecule has 0 saturated heterocycles. The van der Waals surface area contributed by atoms with Crippen LogP contribution in [0.4, 0.5) is 13.2 Å².